The molecule has 1 aliphatic rings. The van der Waals surface area contributed by atoms with Crippen molar-refractivity contribution in [1.82, 2.24) is 19.5 Å². The maximum Gasteiger partial charge on any atom is 0.350 e. The van der Waals surface area contributed by atoms with E-state index in [2.05, 4.69) is 20.0 Å². The summed E-state index contributed by atoms with van der Waals surface area (Å²) in [7, 11) is 1.62. The van der Waals surface area contributed by atoms with Gasteiger partial charge in [-0.1, -0.05) is 0 Å². The van der Waals surface area contributed by atoms with Crippen LogP contribution in [0.5, 0.6) is 5.75 Å². The van der Waals surface area contributed by atoms with Gasteiger partial charge in [0.15, 0.2) is 0 Å². The van der Waals surface area contributed by atoms with E-state index in [1.54, 1.807) is 13.2 Å². The van der Waals surface area contributed by atoms with Crippen molar-refractivity contribution in [3.05, 3.63) is 74.2 Å². The third kappa shape index (κ3) is 4.06. The SMILES string of the molecule is COc1ccc(/C=N\n2c(=O)[nH]c3c([nH]c4ccc(F)cc43)c2=O)cc1CN1CCOCC1. The Morgan fingerprint density at radius 1 is 1.12 bits per heavy atom. The highest BCUT2D eigenvalue weighted by molar-refractivity contribution is 6.04. The van der Waals surface area contributed by atoms with Crippen LogP contribution in [0.15, 0.2) is 51.1 Å². The second kappa shape index (κ2) is 8.64. The van der Waals surface area contributed by atoms with Gasteiger partial charge in [0, 0.05) is 36.1 Å². The van der Waals surface area contributed by atoms with Crippen LogP contribution in [-0.4, -0.2) is 59.2 Å². The van der Waals surface area contributed by atoms with Crippen molar-refractivity contribution in [2.45, 2.75) is 6.54 Å². The molecule has 0 unspecified atom stereocenters. The number of ether oxygens (including phenoxy) is 2. The van der Waals surface area contributed by atoms with Gasteiger partial charge >= 0.3 is 11.2 Å². The van der Waals surface area contributed by atoms with Gasteiger partial charge in [-0.25, -0.2) is 9.18 Å². The first kappa shape index (κ1) is 21.1. The number of hydrogen-bond acceptors (Lipinski definition) is 6. The third-order valence-corrected chi connectivity index (χ3v) is 5.72. The Morgan fingerprint density at radius 3 is 2.73 bits per heavy atom. The normalized spacial score (nSPS) is 15.1. The summed E-state index contributed by atoms with van der Waals surface area (Å²) in [6.45, 7) is 3.74. The maximum atomic E-state index is 13.6. The molecule has 1 saturated heterocycles. The summed E-state index contributed by atoms with van der Waals surface area (Å²) in [6, 6.07) is 9.62. The highest BCUT2D eigenvalue weighted by atomic mass is 19.1. The molecule has 33 heavy (non-hydrogen) atoms. The third-order valence-electron chi connectivity index (χ3n) is 5.72. The fourth-order valence-electron chi connectivity index (χ4n) is 4.04. The van der Waals surface area contributed by atoms with Gasteiger partial charge < -0.3 is 19.4 Å². The van der Waals surface area contributed by atoms with E-state index in [1.165, 1.54) is 24.4 Å². The summed E-state index contributed by atoms with van der Waals surface area (Å²) in [5.41, 5.74) is 1.29. The van der Waals surface area contributed by atoms with E-state index < -0.39 is 17.1 Å². The van der Waals surface area contributed by atoms with Crippen molar-refractivity contribution in [2.75, 3.05) is 33.4 Å². The van der Waals surface area contributed by atoms with Crippen LogP contribution in [-0.2, 0) is 11.3 Å². The first-order valence-corrected chi connectivity index (χ1v) is 10.5. The molecule has 2 aromatic heterocycles. The number of methoxy groups -OCH3 is 1. The lowest BCUT2D eigenvalue weighted by atomic mass is 10.1. The van der Waals surface area contributed by atoms with Gasteiger partial charge in [-0.15, -0.1) is 4.68 Å². The van der Waals surface area contributed by atoms with E-state index in [9.17, 15) is 14.0 Å². The molecule has 2 N–H and O–H groups in total. The van der Waals surface area contributed by atoms with E-state index >= 15 is 0 Å². The highest BCUT2D eigenvalue weighted by Crippen LogP contribution is 2.23. The zero-order chi connectivity index (χ0) is 22.9. The van der Waals surface area contributed by atoms with Crippen molar-refractivity contribution in [1.29, 1.82) is 0 Å². The van der Waals surface area contributed by atoms with E-state index in [-0.39, 0.29) is 11.0 Å². The summed E-state index contributed by atoms with van der Waals surface area (Å²) in [5.74, 6) is 0.291. The molecule has 0 atom stereocenters. The molecule has 9 nitrogen and oxygen atoms in total. The molecule has 170 valence electrons. The first-order valence-electron chi connectivity index (χ1n) is 10.5. The minimum atomic E-state index is -0.712. The Hall–Kier alpha value is -3.76. The predicted molar refractivity (Wildman–Crippen MR) is 123 cm³/mol. The minimum absolute atomic E-state index is 0.148. The topological polar surface area (TPSA) is 105 Å². The number of morpholine rings is 1. The van der Waals surface area contributed by atoms with Crippen molar-refractivity contribution < 1.29 is 13.9 Å². The molecule has 0 saturated carbocycles. The largest absolute Gasteiger partial charge is 0.496 e. The van der Waals surface area contributed by atoms with E-state index in [0.717, 1.165) is 29.1 Å². The number of fused-ring (bicyclic) bond motifs is 3. The average Bonchev–Trinajstić information content (AvgIpc) is 3.17. The molecule has 0 spiro atoms. The molecule has 2 aromatic carbocycles. The van der Waals surface area contributed by atoms with Crippen LogP contribution < -0.4 is 16.0 Å². The van der Waals surface area contributed by atoms with Gasteiger partial charge in [-0.2, -0.15) is 5.10 Å². The van der Waals surface area contributed by atoms with Gasteiger partial charge in [0.05, 0.1) is 32.1 Å². The number of nitrogens with one attached hydrogen (secondary N) is 2. The second-order valence-electron chi connectivity index (χ2n) is 7.82. The lowest BCUT2D eigenvalue weighted by molar-refractivity contribution is 0.0339. The van der Waals surface area contributed by atoms with Gasteiger partial charge in [0.2, 0.25) is 0 Å². The van der Waals surface area contributed by atoms with Gasteiger partial charge in [-0.05, 0) is 42.0 Å². The summed E-state index contributed by atoms with van der Waals surface area (Å²) < 4.78 is 25.3. The zero-order valence-electron chi connectivity index (χ0n) is 17.9. The molecule has 0 bridgehead atoms. The first-order chi connectivity index (χ1) is 16.0. The summed E-state index contributed by atoms with van der Waals surface area (Å²) in [5, 5.41) is 4.55. The summed E-state index contributed by atoms with van der Waals surface area (Å²) in [4.78, 5) is 33.3. The number of benzene rings is 2. The molecule has 3 heterocycles. The van der Waals surface area contributed by atoms with E-state index in [4.69, 9.17) is 9.47 Å². The number of aromatic nitrogens is 3. The van der Waals surface area contributed by atoms with Crippen molar-refractivity contribution in [3.8, 4) is 5.75 Å². The Kier molecular flexibility index (Phi) is 5.53. The Morgan fingerprint density at radius 2 is 1.94 bits per heavy atom. The summed E-state index contributed by atoms with van der Waals surface area (Å²) in [6.07, 6.45) is 1.45. The molecule has 5 rings (SSSR count). The maximum absolute atomic E-state index is 13.6. The predicted octanol–water partition coefficient (Wildman–Crippen LogP) is 2.03. The number of H-pyrrole nitrogens is 2. The minimum Gasteiger partial charge on any atom is -0.496 e. The van der Waals surface area contributed by atoms with Gasteiger partial charge in [0.1, 0.15) is 17.1 Å². The van der Waals surface area contributed by atoms with Crippen LogP contribution in [0.1, 0.15) is 11.1 Å². The molecule has 0 aliphatic carbocycles. The number of aromatic amines is 2. The zero-order valence-corrected chi connectivity index (χ0v) is 17.9. The van der Waals surface area contributed by atoms with Crippen LogP contribution in [0.3, 0.4) is 0 Å². The van der Waals surface area contributed by atoms with Crippen molar-refractivity contribution >= 4 is 28.2 Å². The number of hydrogen-bond donors (Lipinski definition) is 2. The smallest absolute Gasteiger partial charge is 0.350 e. The van der Waals surface area contributed by atoms with Gasteiger partial charge in [0.25, 0.3) is 0 Å². The van der Waals surface area contributed by atoms with E-state index in [0.29, 0.717) is 36.2 Å². The highest BCUT2D eigenvalue weighted by Gasteiger charge is 2.15. The van der Waals surface area contributed by atoms with Gasteiger partial charge in [-0.3, -0.25) is 9.69 Å². The Bertz CT molecular complexity index is 1480. The lowest BCUT2D eigenvalue weighted by Gasteiger charge is -2.27. The van der Waals surface area contributed by atoms with Crippen molar-refractivity contribution in [2.24, 2.45) is 5.10 Å². The fourth-order valence-corrected chi connectivity index (χ4v) is 4.04. The molecule has 1 aliphatic heterocycles. The number of halogens is 1. The monoisotopic (exact) mass is 451 g/mol. The fraction of sp³-hybridized carbons (Fsp3) is 0.261. The van der Waals surface area contributed by atoms with Crippen LogP contribution in [0.4, 0.5) is 4.39 Å². The van der Waals surface area contributed by atoms with Crippen LogP contribution >= 0.6 is 0 Å². The molecule has 10 heteroatoms. The van der Waals surface area contributed by atoms with Crippen LogP contribution in [0, 0.1) is 5.82 Å². The molecular formula is C23H22FN5O4. The average molecular weight is 451 g/mol. The molecule has 0 amide bonds. The second-order valence-corrected chi connectivity index (χ2v) is 7.82. The molecule has 0 radical (unpaired) electrons. The van der Waals surface area contributed by atoms with Crippen molar-refractivity contribution in [3.63, 3.8) is 0 Å². The van der Waals surface area contributed by atoms with E-state index in [1.807, 2.05) is 12.1 Å². The lowest BCUT2D eigenvalue weighted by Crippen LogP contribution is -2.35. The van der Waals surface area contributed by atoms with Crippen LogP contribution in [0.25, 0.3) is 21.9 Å². The Balaban J connectivity index is 1.50. The Labute approximate surface area is 187 Å². The molecule has 4 aromatic rings. The standard InChI is InChI=1S/C23H22FN5O4/c1-32-19-5-2-14(10-15(19)13-28-6-8-33-9-7-28)12-25-29-22(30)21-20(27-23(29)31)17-11-16(24)3-4-18(17)26-21/h2-5,10-12,26H,6-9,13H2,1H3,(H,27,31)/b25-12-. The number of rotatable bonds is 5. The summed E-state index contributed by atoms with van der Waals surface area (Å²) >= 11 is 0. The quantitative estimate of drug-likeness (QED) is 0.452. The number of nitrogens with zero attached hydrogens (tertiary/aromatic N) is 3. The van der Waals surface area contributed by atoms with Crippen LogP contribution in [0.2, 0.25) is 0 Å². The molecule has 1 fully saturated rings. The molecular weight excluding hydrogens is 429 g/mol.